The number of ether oxygens (including phenoxy) is 1. The lowest BCUT2D eigenvalue weighted by molar-refractivity contribution is -0.124. The molecule has 1 aliphatic rings. The van der Waals surface area contributed by atoms with E-state index in [0.717, 1.165) is 10.5 Å². The van der Waals surface area contributed by atoms with E-state index in [4.69, 9.17) is 16.3 Å². The van der Waals surface area contributed by atoms with E-state index in [0.29, 0.717) is 34.7 Å². The molecule has 0 atom stereocenters. The van der Waals surface area contributed by atoms with Crippen molar-refractivity contribution in [3.05, 3.63) is 106 Å². The molecule has 1 N–H and O–H groups in total. The van der Waals surface area contributed by atoms with Gasteiger partial charge >= 0.3 is 5.97 Å². The molecule has 1 heterocycles. The first-order valence-electron chi connectivity index (χ1n) is 10.6. The first-order valence-corrected chi connectivity index (χ1v) is 11.0. The van der Waals surface area contributed by atoms with Crippen LogP contribution in [-0.4, -0.2) is 41.7 Å². The Morgan fingerprint density at radius 3 is 2.21 bits per heavy atom. The van der Waals surface area contributed by atoms with Crippen molar-refractivity contribution in [2.75, 3.05) is 13.2 Å². The Morgan fingerprint density at radius 1 is 0.853 bits per heavy atom. The molecule has 8 heteroatoms. The molecular weight excluding hydrogens is 456 g/mol. The molecule has 0 aromatic heterocycles. The molecule has 3 aromatic carbocycles. The fraction of sp³-hybridized carbons (Fsp3) is 0.154. The Labute approximate surface area is 201 Å². The van der Waals surface area contributed by atoms with Gasteiger partial charge in [0.2, 0.25) is 0 Å². The van der Waals surface area contributed by atoms with Gasteiger partial charge in [-0.2, -0.15) is 0 Å². The zero-order valence-corrected chi connectivity index (χ0v) is 18.9. The fourth-order valence-corrected chi connectivity index (χ4v) is 3.75. The maximum atomic E-state index is 12.6. The number of rotatable bonds is 8. The molecule has 0 radical (unpaired) electrons. The number of halogens is 1. The minimum absolute atomic E-state index is 0.0264. The van der Waals surface area contributed by atoms with Gasteiger partial charge < -0.3 is 10.1 Å². The number of imide groups is 1. The summed E-state index contributed by atoms with van der Waals surface area (Å²) in [5.41, 5.74) is 2.58. The lowest BCUT2D eigenvalue weighted by atomic mass is 10.1. The van der Waals surface area contributed by atoms with Crippen molar-refractivity contribution in [2.24, 2.45) is 0 Å². The van der Waals surface area contributed by atoms with Crippen LogP contribution in [0.3, 0.4) is 0 Å². The summed E-state index contributed by atoms with van der Waals surface area (Å²) in [6.07, 6.45) is 0.622. The second-order valence-corrected chi connectivity index (χ2v) is 8.18. The molecule has 172 valence electrons. The van der Waals surface area contributed by atoms with Crippen molar-refractivity contribution < 1.29 is 23.9 Å². The Balaban J connectivity index is 1.28. The molecule has 0 unspecified atom stereocenters. The highest BCUT2D eigenvalue weighted by Gasteiger charge is 2.35. The Bertz CT molecular complexity index is 1220. The number of carbonyl (C=O) groups excluding carboxylic acids is 4. The predicted octanol–water partition coefficient (Wildman–Crippen LogP) is 3.65. The summed E-state index contributed by atoms with van der Waals surface area (Å²) >= 11 is 5.85. The van der Waals surface area contributed by atoms with E-state index in [-0.39, 0.29) is 23.9 Å². The third kappa shape index (κ3) is 5.32. The monoisotopic (exact) mass is 476 g/mol. The number of benzene rings is 3. The van der Waals surface area contributed by atoms with Gasteiger partial charge in [-0.3, -0.25) is 19.3 Å². The number of amides is 3. The molecule has 4 rings (SSSR count). The van der Waals surface area contributed by atoms with Gasteiger partial charge in [-0.05, 0) is 53.9 Å². The molecule has 1 aliphatic heterocycles. The lowest BCUT2D eigenvalue weighted by Crippen LogP contribution is -2.30. The first kappa shape index (κ1) is 23.2. The van der Waals surface area contributed by atoms with Gasteiger partial charge in [-0.1, -0.05) is 48.0 Å². The fourth-order valence-electron chi connectivity index (χ4n) is 3.62. The smallest absolute Gasteiger partial charge is 0.338 e. The van der Waals surface area contributed by atoms with Crippen molar-refractivity contribution in [1.82, 2.24) is 10.2 Å². The van der Waals surface area contributed by atoms with Crippen molar-refractivity contribution in [1.29, 1.82) is 0 Å². The average molecular weight is 477 g/mol. The van der Waals surface area contributed by atoms with Crippen LogP contribution in [0.15, 0.2) is 72.8 Å². The molecule has 0 spiro atoms. The SMILES string of the molecule is O=C(COC(=O)c1cccc(CN2C(=O)c3ccccc3C2=O)c1)NCCc1ccc(Cl)cc1. The maximum absolute atomic E-state index is 12.6. The molecule has 0 fully saturated rings. The van der Waals surface area contributed by atoms with Crippen LogP contribution >= 0.6 is 11.6 Å². The van der Waals surface area contributed by atoms with Crippen LogP contribution in [0, 0.1) is 0 Å². The molecule has 0 aliphatic carbocycles. The van der Waals surface area contributed by atoms with Gasteiger partial charge in [0, 0.05) is 11.6 Å². The zero-order chi connectivity index (χ0) is 24.1. The van der Waals surface area contributed by atoms with Crippen LogP contribution < -0.4 is 5.32 Å². The van der Waals surface area contributed by atoms with Crippen molar-refractivity contribution in [3.63, 3.8) is 0 Å². The summed E-state index contributed by atoms with van der Waals surface area (Å²) in [4.78, 5) is 50.7. The number of hydrogen-bond acceptors (Lipinski definition) is 5. The van der Waals surface area contributed by atoms with Crippen molar-refractivity contribution >= 4 is 35.3 Å². The van der Waals surface area contributed by atoms with E-state index in [1.807, 2.05) is 12.1 Å². The van der Waals surface area contributed by atoms with E-state index in [2.05, 4.69) is 5.32 Å². The van der Waals surface area contributed by atoms with Gasteiger partial charge in [0.15, 0.2) is 6.61 Å². The largest absolute Gasteiger partial charge is 0.452 e. The van der Waals surface area contributed by atoms with Crippen LogP contribution in [-0.2, 0) is 22.5 Å². The summed E-state index contributed by atoms with van der Waals surface area (Å²) in [7, 11) is 0. The number of esters is 1. The molecule has 0 saturated heterocycles. The minimum atomic E-state index is -0.669. The number of carbonyl (C=O) groups is 4. The number of nitrogens with zero attached hydrogens (tertiary/aromatic N) is 1. The summed E-state index contributed by atoms with van der Waals surface area (Å²) in [6, 6.07) is 20.4. The van der Waals surface area contributed by atoms with Crippen molar-refractivity contribution in [2.45, 2.75) is 13.0 Å². The average Bonchev–Trinajstić information content (AvgIpc) is 3.09. The third-order valence-electron chi connectivity index (χ3n) is 5.37. The standard InChI is InChI=1S/C26H21ClN2O5/c27-20-10-8-17(9-11-20)12-13-28-23(30)16-34-26(33)19-5-3-4-18(14-19)15-29-24(31)21-6-1-2-7-22(21)25(29)32/h1-11,14H,12-13,15-16H2,(H,28,30). The molecule has 3 aromatic rings. The second-order valence-electron chi connectivity index (χ2n) is 7.74. The highest BCUT2D eigenvalue weighted by Crippen LogP contribution is 2.24. The van der Waals surface area contributed by atoms with Gasteiger partial charge in [-0.15, -0.1) is 0 Å². The summed E-state index contributed by atoms with van der Waals surface area (Å²) in [6.45, 7) is 0.00845. The Morgan fingerprint density at radius 2 is 1.53 bits per heavy atom. The molecule has 7 nitrogen and oxygen atoms in total. The number of fused-ring (bicyclic) bond motifs is 1. The van der Waals surface area contributed by atoms with Gasteiger partial charge in [0.05, 0.1) is 23.2 Å². The molecular formula is C26H21ClN2O5. The Hall–Kier alpha value is -3.97. The van der Waals surface area contributed by atoms with Gasteiger partial charge in [0.1, 0.15) is 0 Å². The van der Waals surface area contributed by atoms with E-state index < -0.39 is 18.5 Å². The maximum Gasteiger partial charge on any atom is 0.338 e. The predicted molar refractivity (Wildman–Crippen MR) is 126 cm³/mol. The van der Waals surface area contributed by atoms with Crippen molar-refractivity contribution in [3.8, 4) is 0 Å². The summed E-state index contributed by atoms with van der Waals surface area (Å²) in [5.74, 6) is -1.82. The van der Waals surface area contributed by atoms with E-state index in [1.165, 1.54) is 0 Å². The van der Waals surface area contributed by atoms with Crippen LogP contribution in [0.5, 0.6) is 0 Å². The number of hydrogen-bond donors (Lipinski definition) is 1. The summed E-state index contributed by atoms with van der Waals surface area (Å²) in [5, 5.41) is 3.35. The van der Waals surface area contributed by atoms with Crippen LogP contribution in [0.4, 0.5) is 0 Å². The Kier molecular flexibility index (Phi) is 7.04. The van der Waals surface area contributed by atoms with Crippen LogP contribution in [0.2, 0.25) is 5.02 Å². The van der Waals surface area contributed by atoms with Crippen LogP contribution in [0.25, 0.3) is 0 Å². The third-order valence-corrected chi connectivity index (χ3v) is 5.62. The quantitative estimate of drug-likeness (QED) is 0.395. The first-order chi connectivity index (χ1) is 16.4. The van der Waals surface area contributed by atoms with Gasteiger partial charge in [0.25, 0.3) is 17.7 Å². The molecule has 0 bridgehead atoms. The van der Waals surface area contributed by atoms with Gasteiger partial charge in [-0.25, -0.2) is 4.79 Å². The van der Waals surface area contributed by atoms with Crippen LogP contribution in [0.1, 0.15) is 42.2 Å². The van der Waals surface area contributed by atoms with E-state index in [1.54, 1.807) is 60.7 Å². The molecule has 34 heavy (non-hydrogen) atoms. The number of nitrogens with one attached hydrogen (secondary N) is 1. The van der Waals surface area contributed by atoms with E-state index in [9.17, 15) is 19.2 Å². The lowest BCUT2D eigenvalue weighted by Gasteiger charge is -2.14. The molecule has 3 amide bonds. The molecule has 0 saturated carbocycles. The zero-order valence-electron chi connectivity index (χ0n) is 18.1. The summed E-state index contributed by atoms with van der Waals surface area (Å²) < 4.78 is 5.11. The highest BCUT2D eigenvalue weighted by molar-refractivity contribution is 6.30. The van der Waals surface area contributed by atoms with E-state index >= 15 is 0 Å². The normalized spacial score (nSPS) is 12.4. The topological polar surface area (TPSA) is 92.8 Å². The second kappa shape index (κ2) is 10.3. The minimum Gasteiger partial charge on any atom is -0.452 e. The highest BCUT2D eigenvalue weighted by atomic mass is 35.5.